The third kappa shape index (κ3) is 2.55. The lowest BCUT2D eigenvalue weighted by Crippen LogP contribution is -1.92. The number of halogens is 2. The van der Waals surface area contributed by atoms with Gasteiger partial charge in [0.2, 0.25) is 0 Å². The molecule has 0 saturated heterocycles. The molecule has 0 amide bonds. The van der Waals surface area contributed by atoms with Gasteiger partial charge in [0.15, 0.2) is 0 Å². The predicted molar refractivity (Wildman–Crippen MR) is 107 cm³/mol. The van der Waals surface area contributed by atoms with Gasteiger partial charge in [0.25, 0.3) is 6.43 Å². The van der Waals surface area contributed by atoms with Crippen LogP contribution in [0.1, 0.15) is 12.0 Å². The fourth-order valence-electron chi connectivity index (χ4n) is 3.83. The number of pyridine rings is 1. The van der Waals surface area contributed by atoms with E-state index in [0.717, 1.165) is 32.6 Å². The second kappa shape index (κ2) is 6.13. The van der Waals surface area contributed by atoms with Gasteiger partial charge < -0.3 is 0 Å². The molecule has 5 aromatic rings. The number of fused-ring (bicyclic) bond motifs is 4. The Kier molecular flexibility index (Phi) is 3.61. The summed E-state index contributed by atoms with van der Waals surface area (Å²) < 4.78 is 27.4. The number of hydrogen-bond acceptors (Lipinski definition) is 1. The van der Waals surface area contributed by atoms with Crippen LogP contribution in [0.15, 0.2) is 85.1 Å². The lowest BCUT2D eigenvalue weighted by molar-refractivity contribution is 0.153. The summed E-state index contributed by atoms with van der Waals surface area (Å²) in [5.74, 6) is 0. The molecule has 0 radical (unpaired) electrons. The molecule has 0 unspecified atom stereocenters. The highest BCUT2D eigenvalue weighted by Gasteiger charge is 2.15. The molecule has 1 aromatic heterocycles. The van der Waals surface area contributed by atoms with Crippen molar-refractivity contribution in [2.75, 3.05) is 0 Å². The van der Waals surface area contributed by atoms with Gasteiger partial charge in [-0.3, -0.25) is 4.98 Å². The lowest BCUT2D eigenvalue weighted by atomic mass is 9.95. The minimum Gasteiger partial charge on any atom is -0.256 e. The molecule has 0 N–H and O–H groups in total. The van der Waals surface area contributed by atoms with Crippen LogP contribution in [0.5, 0.6) is 0 Å². The molecule has 0 aliphatic heterocycles. The molecule has 5 rings (SSSR count). The number of rotatable bonds is 2. The fraction of sp³-hybridized carbons (Fsp3) is 0.0417. The van der Waals surface area contributed by atoms with Gasteiger partial charge >= 0.3 is 0 Å². The van der Waals surface area contributed by atoms with Crippen molar-refractivity contribution in [3.05, 3.63) is 90.6 Å². The van der Waals surface area contributed by atoms with E-state index in [0.29, 0.717) is 10.9 Å². The molecular formula is C24H15F2N. The molecular weight excluding hydrogens is 340 g/mol. The van der Waals surface area contributed by atoms with E-state index in [2.05, 4.69) is 23.2 Å². The Labute approximate surface area is 154 Å². The summed E-state index contributed by atoms with van der Waals surface area (Å²) in [5.41, 5.74) is 1.48. The van der Waals surface area contributed by atoms with E-state index in [4.69, 9.17) is 0 Å². The maximum absolute atomic E-state index is 13.7. The molecule has 0 fully saturated rings. The van der Waals surface area contributed by atoms with Gasteiger partial charge in [0, 0.05) is 22.7 Å². The standard InChI is InChI=1S/C24H15F2N/c25-24(26)22-14-17(13-16-6-2-4-8-19(16)22)23-21-10-9-15-5-1-3-7-18(15)20(21)11-12-27-23/h1-14,24H. The molecule has 0 saturated carbocycles. The summed E-state index contributed by atoms with van der Waals surface area (Å²) in [6, 6.07) is 25.0. The van der Waals surface area contributed by atoms with Gasteiger partial charge in [0.1, 0.15) is 0 Å². The highest BCUT2D eigenvalue weighted by molar-refractivity contribution is 6.11. The van der Waals surface area contributed by atoms with Crippen LogP contribution in [0.4, 0.5) is 8.78 Å². The summed E-state index contributed by atoms with van der Waals surface area (Å²) in [4.78, 5) is 4.55. The van der Waals surface area contributed by atoms with Gasteiger partial charge in [-0.15, -0.1) is 0 Å². The van der Waals surface area contributed by atoms with E-state index in [1.54, 1.807) is 24.4 Å². The van der Waals surface area contributed by atoms with Crippen LogP contribution in [0, 0.1) is 0 Å². The monoisotopic (exact) mass is 355 g/mol. The summed E-state index contributed by atoms with van der Waals surface area (Å²) in [7, 11) is 0. The maximum atomic E-state index is 13.7. The SMILES string of the molecule is FC(F)c1cc(-c2nccc3c2ccc2ccccc23)cc2ccccc12. The average molecular weight is 355 g/mol. The molecule has 0 aliphatic rings. The first-order chi connectivity index (χ1) is 13.2. The fourth-order valence-corrected chi connectivity index (χ4v) is 3.83. The molecule has 27 heavy (non-hydrogen) atoms. The Balaban J connectivity index is 1.85. The van der Waals surface area contributed by atoms with E-state index >= 15 is 0 Å². The number of hydrogen-bond donors (Lipinski definition) is 0. The minimum absolute atomic E-state index is 0.0442. The lowest BCUT2D eigenvalue weighted by Gasteiger charge is -2.12. The Hall–Kier alpha value is -3.33. The number of alkyl halides is 2. The van der Waals surface area contributed by atoms with E-state index in [1.165, 1.54) is 0 Å². The van der Waals surface area contributed by atoms with Crippen LogP contribution >= 0.6 is 0 Å². The van der Waals surface area contributed by atoms with Crippen molar-refractivity contribution in [3.63, 3.8) is 0 Å². The van der Waals surface area contributed by atoms with E-state index in [1.807, 2.05) is 42.5 Å². The van der Waals surface area contributed by atoms with Crippen LogP contribution in [0.25, 0.3) is 43.6 Å². The van der Waals surface area contributed by atoms with Crippen molar-refractivity contribution in [2.24, 2.45) is 0 Å². The van der Waals surface area contributed by atoms with E-state index in [-0.39, 0.29) is 5.56 Å². The van der Waals surface area contributed by atoms with Crippen molar-refractivity contribution < 1.29 is 8.78 Å². The molecule has 0 bridgehead atoms. The number of benzene rings is 4. The van der Waals surface area contributed by atoms with Crippen molar-refractivity contribution in [3.8, 4) is 11.3 Å². The zero-order valence-electron chi connectivity index (χ0n) is 14.4. The third-order valence-electron chi connectivity index (χ3n) is 5.07. The second-order valence-corrected chi connectivity index (χ2v) is 6.63. The highest BCUT2D eigenvalue weighted by Crippen LogP contribution is 2.36. The zero-order chi connectivity index (χ0) is 18.4. The quantitative estimate of drug-likeness (QED) is 0.307. The Morgan fingerprint density at radius 2 is 1.37 bits per heavy atom. The van der Waals surface area contributed by atoms with Crippen molar-refractivity contribution in [2.45, 2.75) is 6.43 Å². The molecule has 3 heteroatoms. The molecule has 130 valence electrons. The molecule has 4 aromatic carbocycles. The highest BCUT2D eigenvalue weighted by atomic mass is 19.3. The summed E-state index contributed by atoms with van der Waals surface area (Å²) in [5, 5.41) is 5.70. The first-order valence-corrected chi connectivity index (χ1v) is 8.80. The van der Waals surface area contributed by atoms with Crippen molar-refractivity contribution in [1.82, 2.24) is 4.98 Å². The topological polar surface area (TPSA) is 12.9 Å². The largest absolute Gasteiger partial charge is 0.264 e. The third-order valence-corrected chi connectivity index (χ3v) is 5.07. The predicted octanol–water partition coefficient (Wildman–Crippen LogP) is 7.15. The summed E-state index contributed by atoms with van der Waals surface area (Å²) in [6.45, 7) is 0. The van der Waals surface area contributed by atoms with Gasteiger partial charge in [-0.2, -0.15) is 0 Å². The number of nitrogens with zero attached hydrogens (tertiary/aromatic N) is 1. The first-order valence-electron chi connectivity index (χ1n) is 8.80. The van der Waals surface area contributed by atoms with Gasteiger partial charge in [-0.05, 0) is 45.1 Å². The molecule has 0 spiro atoms. The van der Waals surface area contributed by atoms with E-state index in [9.17, 15) is 8.78 Å². The van der Waals surface area contributed by atoms with Crippen LogP contribution in [-0.4, -0.2) is 4.98 Å². The number of aromatic nitrogens is 1. The van der Waals surface area contributed by atoms with E-state index < -0.39 is 6.43 Å². The van der Waals surface area contributed by atoms with Crippen LogP contribution in [-0.2, 0) is 0 Å². The smallest absolute Gasteiger partial charge is 0.256 e. The molecule has 1 nitrogen and oxygen atoms in total. The minimum atomic E-state index is -2.54. The van der Waals surface area contributed by atoms with Gasteiger partial charge in [0.05, 0.1) is 5.69 Å². The first kappa shape index (κ1) is 15.9. The maximum Gasteiger partial charge on any atom is 0.264 e. The second-order valence-electron chi connectivity index (χ2n) is 6.63. The van der Waals surface area contributed by atoms with Crippen molar-refractivity contribution >= 4 is 32.3 Å². The van der Waals surface area contributed by atoms with Crippen LogP contribution < -0.4 is 0 Å². The Morgan fingerprint density at radius 3 is 2.19 bits per heavy atom. The van der Waals surface area contributed by atoms with Crippen LogP contribution in [0.2, 0.25) is 0 Å². The molecule has 0 atom stereocenters. The Bertz CT molecular complexity index is 1310. The Morgan fingerprint density at radius 1 is 0.630 bits per heavy atom. The zero-order valence-corrected chi connectivity index (χ0v) is 14.4. The van der Waals surface area contributed by atoms with Crippen LogP contribution in [0.3, 0.4) is 0 Å². The molecule has 1 heterocycles. The molecule has 0 aliphatic carbocycles. The summed E-state index contributed by atoms with van der Waals surface area (Å²) in [6.07, 6.45) is -0.785. The summed E-state index contributed by atoms with van der Waals surface area (Å²) >= 11 is 0. The normalized spacial score (nSPS) is 11.7. The van der Waals surface area contributed by atoms with Crippen molar-refractivity contribution in [1.29, 1.82) is 0 Å². The average Bonchev–Trinajstić information content (AvgIpc) is 2.72. The van der Waals surface area contributed by atoms with Gasteiger partial charge in [-0.25, -0.2) is 8.78 Å². The van der Waals surface area contributed by atoms with Gasteiger partial charge in [-0.1, -0.05) is 60.7 Å².